The monoisotopic (exact) mass is 521 g/mol. The largest absolute Gasteiger partial charge is 0.493 e. The molecule has 13 heteroatoms. The molecule has 0 aliphatic carbocycles. The Kier molecular flexibility index (Phi) is 6.33. The summed E-state index contributed by atoms with van der Waals surface area (Å²) in [6.45, 7) is 0.437. The molecule has 2 aromatic carbocycles. The molecule has 12 nitrogen and oxygen atoms in total. The lowest BCUT2D eigenvalue weighted by atomic mass is 9.96. The number of methoxy groups -OCH3 is 1. The first-order chi connectivity index (χ1) is 18.3. The van der Waals surface area contributed by atoms with Crippen molar-refractivity contribution in [2.75, 3.05) is 19.0 Å². The number of H-pyrrole nitrogens is 2. The molecule has 0 saturated heterocycles. The van der Waals surface area contributed by atoms with Crippen LogP contribution in [0.2, 0.25) is 0 Å². The minimum atomic E-state index is -1.25. The van der Waals surface area contributed by atoms with E-state index in [2.05, 4.69) is 20.4 Å². The van der Waals surface area contributed by atoms with Crippen LogP contribution in [0.15, 0.2) is 47.4 Å². The molecule has 7 N–H and O–H groups in total. The number of nitrogen functional groups attached to an aromatic ring is 1. The number of aromatic amines is 2. The molecule has 0 radical (unpaired) electrons. The quantitative estimate of drug-likeness (QED) is 0.151. The number of fused-ring (bicyclic) bond motifs is 1. The topological polar surface area (TPSA) is 184 Å². The Labute approximate surface area is 214 Å². The lowest BCUT2D eigenvalue weighted by molar-refractivity contribution is 0.0697. The summed E-state index contributed by atoms with van der Waals surface area (Å²) in [4.78, 5) is 29.8. The van der Waals surface area contributed by atoms with Gasteiger partial charge in [-0.3, -0.25) is 10.4 Å². The van der Waals surface area contributed by atoms with Gasteiger partial charge in [0.15, 0.2) is 23.1 Å². The van der Waals surface area contributed by atoms with Crippen LogP contribution in [0.1, 0.15) is 45.3 Å². The third-order valence-corrected chi connectivity index (χ3v) is 6.23. The van der Waals surface area contributed by atoms with Crippen molar-refractivity contribution >= 4 is 17.5 Å². The Hall–Kier alpha value is -5.07. The highest BCUT2D eigenvalue weighted by Crippen LogP contribution is 2.41. The Balaban J connectivity index is 1.66. The number of carbonyl (C=O) groups is 1. The second-order valence-electron chi connectivity index (χ2n) is 8.58. The van der Waals surface area contributed by atoms with Gasteiger partial charge in [-0.2, -0.15) is 4.68 Å². The van der Waals surface area contributed by atoms with Crippen LogP contribution in [-0.2, 0) is 6.42 Å². The fourth-order valence-electron chi connectivity index (χ4n) is 4.40. The Morgan fingerprint density at radius 2 is 2.11 bits per heavy atom. The molecule has 0 amide bonds. The highest BCUT2D eigenvalue weighted by Gasteiger charge is 2.30. The second-order valence-corrected chi connectivity index (χ2v) is 8.58. The number of amidine groups is 1. The van der Waals surface area contributed by atoms with Crippen LogP contribution in [0.5, 0.6) is 11.5 Å². The summed E-state index contributed by atoms with van der Waals surface area (Å²) < 4.78 is 28.0. The molecule has 2 aromatic heterocycles. The van der Waals surface area contributed by atoms with Gasteiger partial charge in [0.05, 0.1) is 13.7 Å². The van der Waals surface area contributed by atoms with E-state index in [9.17, 15) is 14.7 Å². The van der Waals surface area contributed by atoms with Crippen LogP contribution in [0.25, 0.3) is 5.82 Å². The van der Waals surface area contributed by atoms with Crippen molar-refractivity contribution in [3.05, 3.63) is 87.0 Å². The second kappa shape index (κ2) is 9.76. The van der Waals surface area contributed by atoms with Gasteiger partial charge in [0.1, 0.15) is 23.3 Å². The number of benzene rings is 2. The van der Waals surface area contributed by atoms with Gasteiger partial charge in [-0.05, 0) is 49.2 Å². The SMILES string of the molecule is COc1cc([C@@H](Nc2ccc(C(=N)N)cc2)c2nn(-c3[nH]ccc3C(=O)O)c(=O)[nH]2)c(F)c2c1OCCC2. The van der Waals surface area contributed by atoms with Crippen molar-refractivity contribution < 1.29 is 23.8 Å². The number of nitrogens with one attached hydrogen (secondary N) is 4. The van der Waals surface area contributed by atoms with E-state index >= 15 is 4.39 Å². The van der Waals surface area contributed by atoms with Crippen LogP contribution in [0.3, 0.4) is 0 Å². The maximum absolute atomic E-state index is 16.0. The predicted molar refractivity (Wildman–Crippen MR) is 135 cm³/mol. The van der Waals surface area contributed by atoms with E-state index in [1.807, 2.05) is 0 Å². The minimum Gasteiger partial charge on any atom is -0.493 e. The summed E-state index contributed by atoms with van der Waals surface area (Å²) in [6.07, 6.45) is 2.43. The van der Waals surface area contributed by atoms with Crippen molar-refractivity contribution in [1.82, 2.24) is 19.7 Å². The normalized spacial score (nSPS) is 13.3. The summed E-state index contributed by atoms with van der Waals surface area (Å²) in [5.74, 6) is -1.26. The van der Waals surface area contributed by atoms with Crippen molar-refractivity contribution in [1.29, 1.82) is 5.41 Å². The van der Waals surface area contributed by atoms with Gasteiger partial charge < -0.3 is 30.6 Å². The summed E-state index contributed by atoms with van der Waals surface area (Å²) >= 11 is 0. The van der Waals surface area contributed by atoms with E-state index < -0.39 is 23.5 Å². The fraction of sp³-hybridized carbons (Fsp3) is 0.200. The predicted octanol–water partition coefficient (Wildman–Crippen LogP) is 2.55. The molecule has 0 unspecified atom stereocenters. The van der Waals surface area contributed by atoms with Crippen LogP contribution in [0.4, 0.5) is 10.1 Å². The Morgan fingerprint density at radius 3 is 2.79 bits per heavy atom. The molecule has 1 aliphatic heterocycles. The van der Waals surface area contributed by atoms with Gasteiger partial charge in [-0.15, -0.1) is 5.10 Å². The van der Waals surface area contributed by atoms with E-state index in [1.165, 1.54) is 25.4 Å². The van der Waals surface area contributed by atoms with Gasteiger partial charge in [-0.25, -0.2) is 14.0 Å². The zero-order valence-electron chi connectivity index (χ0n) is 20.2. The standard InChI is InChI=1S/C25H24FN7O5/c1-37-17-11-16(18(26)14-3-2-10-38-20(14)17)19(30-13-6-4-12(5-7-13)21(27)28)22-31-25(36)33(32-22)23-15(24(34)35)8-9-29-23/h4-9,11,19,29-30H,2-3,10H2,1H3,(H3,27,28)(H,34,35)(H,31,32,36)/t19-/m1/s1. The molecule has 1 atom stereocenters. The summed E-state index contributed by atoms with van der Waals surface area (Å²) in [6, 6.07) is 8.31. The number of hydrogen-bond acceptors (Lipinski definition) is 7. The first kappa shape index (κ1) is 24.6. The highest BCUT2D eigenvalue weighted by molar-refractivity contribution is 5.95. The van der Waals surface area contributed by atoms with Crippen molar-refractivity contribution in [2.45, 2.75) is 18.9 Å². The van der Waals surface area contributed by atoms with E-state index in [0.717, 1.165) is 4.68 Å². The molecular formula is C25H24FN7O5. The molecule has 196 valence electrons. The van der Waals surface area contributed by atoms with E-state index in [4.69, 9.17) is 20.6 Å². The first-order valence-corrected chi connectivity index (χ1v) is 11.6. The molecule has 0 saturated carbocycles. The van der Waals surface area contributed by atoms with Gasteiger partial charge in [0.25, 0.3) is 0 Å². The number of carboxylic acids is 1. The molecule has 0 fully saturated rings. The van der Waals surface area contributed by atoms with Gasteiger partial charge in [0, 0.05) is 28.6 Å². The third-order valence-electron chi connectivity index (χ3n) is 6.23. The van der Waals surface area contributed by atoms with Crippen LogP contribution in [-0.4, -0.2) is 50.4 Å². The van der Waals surface area contributed by atoms with Crippen molar-refractivity contribution in [3.8, 4) is 17.3 Å². The number of rotatable bonds is 8. The summed E-state index contributed by atoms with van der Waals surface area (Å²) in [5.41, 5.74) is 6.17. The number of ether oxygens (including phenoxy) is 2. The first-order valence-electron chi connectivity index (χ1n) is 11.6. The van der Waals surface area contributed by atoms with Crippen LogP contribution in [0, 0.1) is 11.2 Å². The number of halogens is 1. The van der Waals surface area contributed by atoms with Crippen LogP contribution < -0.4 is 26.2 Å². The van der Waals surface area contributed by atoms with Gasteiger partial charge >= 0.3 is 11.7 Å². The molecular weight excluding hydrogens is 497 g/mol. The number of nitrogens with zero attached hydrogens (tertiary/aromatic N) is 2. The van der Waals surface area contributed by atoms with Crippen molar-refractivity contribution in [2.24, 2.45) is 5.73 Å². The van der Waals surface area contributed by atoms with Crippen LogP contribution >= 0.6 is 0 Å². The molecule has 4 aromatic rings. The number of hydrogen-bond donors (Lipinski definition) is 6. The number of anilines is 1. The number of nitrogens with two attached hydrogens (primary N) is 1. The van der Waals surface area contributed by atoms with Gasteiger partial charge in [-0.1, -0.05) is 0 Å². The van der Waals surface area contributed by atoms with Gasteiger partial charge in [0.2, 0.25) is 0 Å². The summed E-state index contributed by atoms with van der Waals surface area (Å²) in [5, 5.41) is 24.6. The minimum absolute atomic E-state index is 0.0224. The molecule has 38 heavy (non-hydrogen) atoms. The molecule has 3 heterocycles. The fourth-order valence-corrected chi connectivity index (χ4v) is 4.40. The Bertz CT molecular complexity index is 1590. The average Bonchev–Trinajstić information content (AvgIpc) is 3.55. The summed E-state index contributed by atoms with van der Waals surface area (Å²) in [7, 11) is 1.45. The number of carboxylic acid groups (broad SMARTS) is 1. The lowest BCUT2D eigenvalue weighted by Crippen LogP contribution is -2.20. The van der Waals surface area contributed by atoms with E-state index in [0.29, 0.717) is 47.8 Å². The zero-order chi connectivity index (χ0) is 27.0. The molecule has 5 rings (SSSR count). The maximum atomic E-state index is 16.0. The molecule has 1 aliphatic rings. The zero-order valence-corrected chi connectivity index (χ0v) is 20.2. The van der Waals surface area contributed by atoms with E-state index in [1.54, 1.807) is 24.3 Å². The number of aromatic carboxylic acids is 1. The smallest absolute Gasteiger partial charge is 0.349 e. The molecule has 0 spiro atoms. The Morgan fingerprint density at radius 1 is 1.34 bits per heavy atom. The average molecular weight is 522 g/mol. The van der Waals surface area contributed by atoms with E-state index in [-0.39, 0.29) is 28.6 Å². The number of aromatic nitrogens is 4. The third kappa shape index (κ3) is 4.34. The highest BCUT2D eigenvalue weighted by atomic mass is 19.1. The molecule has 0 bridgehead atoms. The lowest BCUT2D eigenvalue weighted by Gasteiger charge is -2.25. The van der Waals surface area contributed by atoms with Crippen molar-refractivity contribution in [3.63, 3.8) is 0 Å². The maximum Gasteiger partial charge on any atom is 0.349 e.